The third kappa shape index (κ3) is 4.33. The highest BCUT2D eigenvalue weighted by atomic mass is 79.9. The standard InChI is InChI=1S/C15H15BrFNO/c16-15-9-13(17)4-3-12(15)10-18-8-7-11-1-5-14(19)6-2-11/h1-6,9,18-19H,7-8,10H2. The molecule has 2 rings (SSSR count). The number of rotatable bonds is 5. The van der Waals surface area contributed by atoms with Crippen molar-refractivity contribution in [2.24, 2.45) is 0 Å². The van der Waals surface area contributed by atoms with Crippen LogP contribution in [0, 0.1) is 5.82 Å². The summed E-state index contributed by atoms with van der Waals surface area (Å²) in [6.07, 6.45) is 0.888. The molecule has 2 aromatic carbocycles. The Bertz CT molecular complexity index is 542. The maximum absolute atomic E-state index is 12.9. The van der Waals surface area contributed by atoms with Crippen molar-refractivity contribution in [3.63, 3.8) is 0 Å². The number of aromatic hydroxyl groups is 1. The van der Waals surface area contributed by atoms with Gasteiger partial charge in [-0.1, -0.05) is 34.1 Å². The van der Waals surface area contributed by atoms with E-state index in [1.54, 1.807) is 18.2 Å². The van der Waals surface area contributed by atoms with E-state index in [2.05, 4.69) is 21.2 Å². The highest BCUT2D eigenvalue weighted by Gasteiger charge is 2.01. The average molecular weight is 324 g/mol. The van der Waals surface area contributed by atoms with Crippen molar-refractivity contribution in [1.29, 1.82) is 0 Å². The average Bonchev–Trinajstić information content (AvgIpc) is 2.39. The number of phenolic OH excluding ortho intramolecular Hbond substituents is 1. The number of benzene rings is 2. The maximum atomic E-state index is 12.9. The third-order valence-electron chi connectivity index (χ3n) is 2.86. The van der Waals surface area contributed by atoms with E-state index in [4.69, 9.17) is 0 Å². The summed E-state index contributed by atoms with van der Waals surface area (Å²) in [5, 5.41) is 12.5. The molecule has 0 aliphatic carbocycles. The molecule has 0 saturated heterocycles. The molecule has 0 aliphatic rings. The highest BCUT2D eigenvalue weighted by Crippen LogP contribution is 2.17. The molecule has 0 saturated carbocycles. The van der Waals surface area contributed by atoms with Gasteiger partial charge in [0.25, 0.3) is 0 Å². The Morgan fingerprint density at radius 1 is 1.11 bits per heavy atom. The molecule has 0 bridgehead atoms. The van der Waals surface area contributed by atoms with Gasteiger partial charge in [-0.2, -0.15) is 0 Å². The number of nitrogens with one attached hydrogen (secondary N) is 1. The minimum Gasteiger partial charge on any atom is -0.508 e. The Labute approximate surface area is 120 Å². The van der Waals surface area contributed by atoms with Crippen molar-refractivity contribution in [2.45, 2.75) is 13.0 Å². The summed E-state index contributed by atoms with van der Waals surface area (Å²) < 4.78 is 13.7. The van der Waals surface area contributed by atoms with Crippen LogP contribution in [0.4, 0.5) is 4.39 Å². The fraction of sp³-hybridized carbons (Fsp3) is 0.200. The summed E-state index contributed by atoms with van der Waals surface area (Å²) in [5.41, 5.74) is 2.20. The molecule has 19 heavy (non-hydrogen) atoms. The smallest absolute Gasteiger partial charge is 0.124 e. The maximum Gasteiger partial charge on any atom is 0.124 e. The molecule has 0 radical (unpaired) electrons. The quantitative estimate of drug-likeness (QED) is 0.823. The second kappa shape index (κ2) is 6.68. The van der Waals surface area contributed by atoms with Gasteiger partial charge in [0.2, 0.25) is 0 Å². The largest absolute Gasteiger partial charge is 0.508 e. The first-order chi connectivity index (χ1) is 9.15. The van der Waals surface area contributed by atoms with Crippen LogP contribution in [0.1, 0.15) is 11.1 Å². The van der Waals surface area contributed by atoms with Gasteiger partial charge in [-0.25, -0.2) is 4.39 Å². The molecular formula is C15H15BrFNO. The minimum absolute atomic E-state index is 0.236. The van der Waals surface area contributed by atoms with Crippen molar-refractivity contribution in [1.82, 2.24) is 5.32 Å². The molecule has 100 valence electrons. The van der Waals surface area contributed by atoms with Crippen LogP contribution in [0.15, 0.2) is 46.9 Å². The lowest BCUT2D eigenvalue weighted by Gasteiger charge is -2.07. The summed E-state index contributed by atoms with van der Waals surface area (Å²) >= 11 is 3.34. The summed E-state index contributed by atoms with van der Waals surface area (Å²) in [6, 6.07) is 11.9. The van der Waals surface area contributed by atoms with Crippen LogP contribution in [-0.2, 0) is 13.0 Å². The van der Waals surface area contributed by atoms with Crippen LogP contribution in [0.25, 0.3) is 0 Å². The SMILES string of the molecule is Oc1ccc(CCNCc2ccc(F)cc2Br)cc1. The van der Waals surface area contributed by atoms with Gasteiger partial charge in [0, 0.05) is 11.0 Å². The van der Waals surface area contributed by atoms with Crippen molar-refractivity contribution >= 4 is 15.9 Å². The Morgan fingerprint density at radius 3 is 2.53 bits per heavy atom. The molecular weight excluding hydrogens is 309 g/mol. The lowest BCUT2D eigenvalue weighted by atomic mass is 10.1. The van der Waals surface area contributed by atoms with Crippen molar-refractivity contribution in [3.05, 3.63) is 63.9 Å². The monoisotopic (exact) mass is 323 g/mol. The first-order valence-corrected chi connectivity index (χ1v) is 6.87. The number of phenols is 1. The van der Waals surface area contributed by atoms with Gasteiger partial charge in [-0.3, -0.25) is 0 Å². The first-order valence-electron chi connectivity index (χ1n) is 6.08. The highest BCUT2D eigenvalue weighted by molar-refractivity contribution is 9.10. The fourth-order valence-electron chi connectivity index (χ4n) is 1.78. The van der Waals surface area contributed by atoms with Crippen LogP contribution in [-0.4, -0.2) is 11.7 Å². The third-order valence-corrected chi connectivity index (χ3v) is 3.60. The van der Waals surface area contributed by atoms with Crippen molar-refractivity contribution in [3.8, 4) is 5.75 Å². The van der Waals surface area contributed by atoms with E-state index in [9.17, 15) is 9.50 Å². The summed E-state index contributed by atoms with van der Waals surface area (Å²) in [7, 11) is 0. The van der Waals surface area contributed by atoms with Crippen LogP contribution < -0.4 is 5.32 Å². The number of hydrogen-bond donors (Lipinski definition) is 2. The topological polar surface area (TPSA) is 32.3 Å². The molecule has 0 fully saturated rings. The van der Waals surface area contributed by atoms with Crippen LogP contribution in [0.3, 0.4) is 0 Å². The van der Waals surface area contributed by atoms with Crippen LogP contribution >= 0.6 is 15.9 Å². The van der Waals surface area contributed by atoms with Gasteiger partial charge in [0.15, 0.2) is 0 Å². The second-order valence-electron chi connectivity index (χ2n) is 4.33. The minimum atomic E-state index is -0.236. The normalized spacial score (nSPS) is 10.6. The van der Waals surface area contributed by atoms with Gasteiger partial charge < -0.3 is 10.4 Å². The Morgan fingerprint density at radius 2 is 1.84 bits per heavy atom. The molecule has 0 heterocycles. The van der Waals surface area contributed by atoms with Crippen molar-refractivity contribution < 1.29 is 9.50 Å². The van der Waals surface area contributed by atoms with Gasteiger partial charge in [0.1, 0.15) is 11.6 Å². The first kappa shape index (κ1) is 14.0. The van der Waals surface area contributed by atoms with Crippen molar-refractivity contribution in [2.75, 3.05) is 6.54 Å². The van der Waals surface area contributed by atoms with E-state index < -0.39 is 0 Å². The van der Waals surface area contributed by atoms with Gasteiger partial charge in [0.05, 0.1) is 0 Å². The molecule has 0 aliphatic heterocycles. The van der Waals surface area contributed by atoms with Crippen LogP contribution in [0.5, 0.6) is 5.75 Å². The second-order valence-corrected chi connectivity index (χ2v) is 5.18. The molecule has 2 N–H and O–H groups in total. The zero-order valence-electron chi connectivity index (χ0n) is 10.4. The lowest BCUT2D eigenvalue weighted by molar-refractivity contribution is 0.475. The Balaban J connectivity index is 1.79. The van der Waals surface area contributed by atoms with Crippen LogP contribution in [0.2, 0.25) is 0 Å². The molecule has 2 nitrogen and oxygen atoms in total. The van der Waals surface area contributed by atoms with E-state index in [1.165, 1.54) is 17.7 Å². The molecule has 0 aromatic heterocycles. The molecule has 0 atom stereocenters. The van der Waals surface area contributed by atoms with Gasteiger partial charge in [-0.15, -0.1) is 0 Å². The molecule has 0 unspecified atom stereocenters. The van der Waals surface area contributed by atoms with E-state index in [0.29, 0.717) is 6.54 Å². The molecule has 0 spiro atoms. The summed E-state index contributed by atoms with van der Waals surface area (Å²) in [6.45, 7) is 1.52. The molecule has 4 heteroatoms. The number of halogens is 2. The zero-order valence-corrected chi connectivity index (χ0v) is 12.0. The van der Waals surface area contributed by atoms with E-state index in [0.717, 1.165) is 23.0 Å². The lowest BCUT2D eigenvalue weighted by Crippen LogP contribution is -2.17. The van der Waals surface area contributed by atoms with E-state index in [-0.39, 0.29) is 11.6 Å². The summed E-state index contributed by atoms with van der Waals surface area (Å²) in [5.74, 6) is 0.0478. The molecule has 0 amide bonds. The number of hydrogen-bond acceptors (Lipinski definition) is 2. The summed E-state index contributed by atoms with van der Waals surface area (Å²) in [4.78, 5) is 0. The Hall–Kier alpha value is -1.39. The molecule has 2 aromatic rings. The van der Waals surface area contributed by atoms with Gasteiger partial charge >= 0.3 is 0 Å². The predicted octanol–water partition coefficient (Wildman–Crippen LogP) is 3.63. The van der Waals surface area contributed by atoms with E-state index >= 15 is 0 Å². The van der Waals surface area contributed by atoms with E-state index in [1.807, 2.05) is 12.1 Å². The fourth-order valence-corrected chi connectivity index (χ4v) is 2.27. The zero-order chi connectivity index (χ0) is 13.7. The predicted molar refractivity (Wildman–Crippen MR) is 77.6 cm³/mol. The van der Waals surface area contributed by atoms with Gasteiger partial charge in [-0.05, 0) is 48.4 Å². The Kier molecular flexibility index (Phi) is 4.93.